The molecule has 0 radical (unpaired) electrons. The number of fused-ring (bicyclic) bond motifs is 3. The first-order valence-corrected chi connectivity index (χ1v) is 8.85. The highest BCUT2D eigenvalue weighted by molar-refractivity contribution is 6.04. The highest BCUT2D eigenvalue weighted by Gasteiger charge is 2.13. The van der Waals surface area contributed by atoms with Gasteiger partial charge in [-0.2, -0.15) is 10.1 Å². The van der Waals surface area contributed by atoms with Crippen LogP contribution in [0, 0.1) is 0 Å². The van der Waals surface area contributed by atoms with Gasteiger partial charge in [0.25, 0.3) is 5.95 Å². The molecule has 7 nitrogen and oxygen atoms in total. The lowest BCUT2D eigenvalue weighted by atomic mass is 10.2. The summed E-state index contributed by atoms with van der Waals surface area (Å²) in [5.41, 5.74) is 7.74. The molecule has 0 atom stereocenters. The molecule has 0 fully saturated rings. The summed E-state index contributed by atoms with van der Waals surface area (Å²) in [4.78, 5) is 6.67. The Morgan fingerprint density at radius 2 is 1.85 bits per heavy atom. The van der Waals surface area contributed by atoms with Crippen LogP contribution in [0.2, 0.25) is 0 Å². The van der Waals surface area contributed by atoms with Crippen molar-refractivity contribution in [2.24, 2.45) is 5.10 Å². The molecule has 0 amide bonds. The molecule has 2 aromatic carbocycles. The van der Waals surface area contributed by atoms with E-state index >= 15 is 0 Å². The third-order valence-corrected chi connectivity index (χ3v) is 4.48. The molecule has 1 N–H and O–H groups in total. The third kappa shape index (κ3) is 3.19. The highest BCUT2D eigenvalue weighted by Crippen LogP contribution is 2.26. The topological polar surface area (TPSA) is 71.2 Å². The molecular weight excluding hydrogens is 338 g/mol. The average Bonchev–Trinajstić information content (AvgIpc) is 3.01. The molecule has 4 rings (SSSR count). The zero-order chi connectivity index (χ0) is 18.8. The summed E-state index contributed by atoms with van der Waals surface area (Å²) in [6.45, 7) is 2.90. The molecule has 0 aliphatic carbocycles. The number of hydrogen-bond acceptors (Lipinski definition) is 6. The number of rotatable bonds is 5. The molecule has 2 aromatic heterocycles. The lowest BCUT2D eigenvalue weighted by molar-refractivity contribution is 0.811. The maximum atomic E-state index is 4.61. The van der Waals surface area contributed by atoms with E-state index in [0.717, 1.165) is 39.9 Å². The van der Waals surface area contributed by atoms with Crippen LogP contribution in [-0.4, -0.2) is 40.1 Å². The second-order valence-corrected chi connectivity index (χ2v) is 6.42. The number of aryl methyl sites for hydroxylation is 1. The Bertz CT molecular complexity index is 1110. The van der Waals surface area contributed by atoms with Gasteiger partial charge < -0.3 is 9.47 Å². The standard InChI is InChI=1S/C20H21N7/c1-4-27-17-8-6-5-7-16(17)18-19(27)22-20(25-23-18)24-21-13-14-9-11-15(12-10-14)26(2)3/h5-13H,4H2,1-3H3,(H,22,24,25)/b21-13+. The van der Waals surface area contributed by atoms with Crippen LogP contribution in [0.3, 0.4) is 0 Å². The van der Waals surface area contributed by atoms with E-state index in [0.29, 0.717) is 5.95 Å². The van der Waals surface area contributed by atoms with Crippen LogP contribution >= 0.6 is 0 Å². The Labute approximate surface area is 157 Å². The Morgan fingerprint density at radius 1 is 1.07 bits per heavy atom. The number of aromatic nitrogens is 4. The van der Waals surface area contributed by atoms with Crippen LogP contribution in [-0.2, 0) is 6.54 Å². The third-order valence-electron chi connectivity index (χ3n) is 4.48. The molecule has 0 aliphatic rings. The van der Waals surface area contributed by atoms with E-state index in [1.165, 1.54) is 0 Å². The van der Waals surface area contributed by atoms with Gasteiger partial charge in [-0.25, -0.2) is 5.43 Å². The van der Waals surface area contributed by atoms with Gasteiger partial charge in [-0.3, -0.25) is 0 Å². The molecule has 136 valence electrons. The summed E-state index contributed by atoms with van der Waals surface area (Å²) in [5.74, 6) is 0.376. The fraction of sp³-hybridized carbons (Fsp3) is 0.200. The molecule has 2 heterocycles. The van der Waals surface area contributed by atoms with E-state index < -0.39 is 0 Å². The minimum Gasteiger partial charge on any atom is -0.378 e. The van der Waals surface area contributed by atoms with Crippen LogP contribution in [0.4, 0.5) is 11.6 Å². The van der Waals surface area contributed by atoms with E-state index in [9.17, 15) is 0 Å². The predicted molar refractivity (Wildman–Crippen MR) is 110 cm³/mol. The minimum absolute atomic E-state index is 0.376. The fourth-order valence-corrected chi connectivity index (χ4v) is 3.09. The minimum atomic E-state index is 0.376. The van der Waals surface area contributed by atoms with Gasteiger partial charge in [0, 0.05) is 31.7 Å². The van der Waals surface area contributed by atoms with Crippen LogP contribution in [0.5, 0.6) is 0 Å². The van der Waals surface area contributed by atoms with E-state index in [4.69, 9.17) is 0 Å². The summed E-state index contributed by atoms with van der Waals surface area (Å²) < 4.78 is 2.13. The Morgan fingerprint density at radius 3 is 2.59 bits per heavy atom. The normalized spacial score (nSPS) is 11.5. The molecule has 0 saturated carbocycles. The van der Waals surface area contributed by atoms with Crippen LogP contribution in [0.15, 0.2) is 53.6 Å². The Balaban J connectivity index is 1.60. The molecule has 0 unspecified atom stereocenters. The summed E-state index contributed by atoms with van der Waals surface area (Å²) >= 11 is 0. The number of nitrogens with one attached hydrogen (secondary N) is 1. The monoisotopic (exact) mass is 359 g/mol. The number of nitrogens with zero attached hydrogens (tertiary/aromatic N) is 6. The molecule has 0 aliphatic heterocycles. The smallest absolute Gasteiger partial charge is 0.265 e. The van der Waals surface area contributed by atoms with Gasteiger partial charge in [-0.05, 0) is 30.7 Å². The number of benzene rings is 2. The van der Waals surface area contributed by atoms with Crippen LogP contribution in [0.1, 0.15) is 12.5 Å². The zero-order valence-corrected chi connectivity index (χ0v) is 15.6. The van der Waals surface area contributed by atoms with Crippen molar-refractivity contribution in [1.29, 1.82) is 0 Å². The first-order chi connectivity index (χ1) is 13.2. The fourth-order valence-electron chi connectivity index (χ4n) is 3.09. The summed E-state index contributed by atoms with van der Waals surface area (Å²) in [6.07, 6.45) is 1.74. The number of anilines is 2. The van der Waals surface area contributed by atoms with Gasteiger partial charge in [-0.1, -0.05) is 30.3 Å². The molecule has 0 spiro atoms. The molecule has 0 bridgehead atoms. The van der Waals surface area contributed by atoms with Crippen LogP contribution < -0.4 is 10.3 Å². The zero-order valence-electron chi connectivity index (χ0n) is 15.6. The Hall–Kier alpha value is -3.48. The molecule has 27 heavy (non-hydrogen) atoms. The quantitative estimate of drug-likeness (QED) is 0.436. The van der Waals surface area contributed by atoms with E-state index in [-0.39, 0.29) is 0 Å². The largest absolute Gasteiger partial charge is 0.378 e. The summed E-state index contributed by atoms with van der Waals surface area (Å²) in [7, 11) is 4.03. The first kappa shape index (κ1) is 17.0. The second kappa shape index (κ2) is 7.03. The molecular formula is C20H21N7. The van der Waals surface area contributed by atoms with Crippen molar-refractivity contribution in [3.05, 3.63) is 54.1 Å². The van der Waals surface area contributed by atoms with Crippen molar-refractivity contribution in [2.45, 2.75) is 13.5 Å². The van der Waals surface area contributed by atoms with Crippen molar-refractivity contribution in [1.82, 2.24) is 19.7 Å². The van der Waals surface area contributed by atoms with Gasteiger partial charge in [0.1, 0.15) is 5.52 Å². The summed E-state index contributed by atoms with van der Waals surface area (Å²) in [5, 5.41) is 13.8. The molecule has 4 aromatic rings. The SMILES string of the molecule is CCn1c2ccccc2c2nnc(N/N=C/c3ccc(N(C)C)cc3)nc21. The van der Waals surface area contributed by atoms with Gasteiger partial charge in [-0.15, -0.1) is 10.2 Å². The van der Waals surface area contributed by atoms with Crippen molar-refractivity contribution >= 4 is 39.9 Å². The van der Waals surface area contributed by atoms with Gasteiger partial charge >= 0.3 is 0 Å². The maximum Gasteiger partial charge on any atom is 0.265 e. The van der Waals surface area contributed by atoms with Crippen molar-refractivity contribution in [2.75, 3.05) is 24.4 Å². The number of para-hydroxylation sites is 1. The van der Waals surface area contributed by atoms with Crippen molar-refractivity contribution in [3.63, 3.8) is 0 Å². The van der Waals surface area contributed by atoms with Gasteiger partial charge in [0.15, 0.2) is 5.65 Å². The summed E-state index contributed by atoms with van der Waals surface area (Å²) in [6, 6.07) is 16.3. The van der Waals surface area contributed by atoms with Crippen molar-refractivity contribution in [3.8, 4) is 0 Å². The predicted octanol–water partition coefficient (Wildman–Crippen LogP) is 3.51. The lowest BCUT2D eigenvalue weighted by Crippen LogP contribution is -2.08. The maximum absolute atomic E-state index is 4.61. The van der Waals surface area contributed by atoms with Crippen LogP contribution in [0.25, 0.3) is 22.1 Å². The highest BCUT2D eigenvalue weighted by atomic mass is 15.4. The molecule has 7 heteroatoms. The van der Waals surface area contributed by atoms with Gasteiger partial charge in [0.2, 0.25) is 0 Å². The van der Waals surface area contributed by atoms with E-state index in [2.05, 4.69) is 48.2 Å². The average molecular weight is 359 g/mol. The Kier molecular flexibility index (Phi) is 4.42. The van der Waals surface area contributed by atoms with E-state index in [1.54, 1.807) is 6.21 Å². The molecule has 0 saturated heterocycles. The number of hydrazone groups is 1. The second-order valence-electron chi connectivity index (χ2n) is 6.42. The number of hydrogen-bond donors (Lipinski definition) is 1. The van der Waals surface area contributed by atoms with E-state index in [1.807, 2.05) is 56.6 Å². The lowest BCUT2D eigenvalue weighted by Gasteiger charge is -2.11. The van der Waals surface area contributed by atoms with Crippen molar-refractivity contribution < 1.29 is 0 Å². The van der Waals surface area contributed by atoms with Gasteiger partial charge in [0.05, 0.1) is 11.7 Å². The first-order valence-electron chi connectivity index (χ1n) is 8.85.